The second-order valence-corrected chi connectivity index (χ2v) is 3.43. The molecule has 13 heavy (non-hydrogen) atoms. The number of aliphatic hydroxyl groups excluding tert-OH is 2. The molecule has 0 aliphatic carbocycles. The van der Waals surface area contributed by atoms with Crippen molar-refractivity contribution < 1.29 is 15.3 Å². The molecule has 0 aliphatic heterocycles. The maximum Gasteiger partial charge on any atom is 0.0798 e. The second kappa shape index (κ2) is 5.17. The zero-order valence-electron chi connectivity index (χ0n) is 8.03. The highest BCUT2D eigenvalue weighted by atomic mass is 16.3. The highest BCUT2D eigenvalue weighted by Gasteiger charge is 2.18. The highest BCUT2D eigenvalue weighted by molar-refractivity contribution is 5.02. The van der Waals surface area contributed by atoms with Gasteiger partial charge in [-0.15, -0.1) is 6.58 Å². The van der Waals surface area contributed by atoms with Gasteiger partial charge in [-0.1, -0.05) is 12.7 Å². The summed E-state index contributed by atoms with van der Waals surface area (Å²) in [6, 6.07) is 0. The van der Waals surface area contributed by atoms with Crippen LogP contribution in [0.25, 0.3) is 0 Å². The lowest BCUT2D eigenvalue weighted by Crippen LogP contribution is -2.24. The molecule has 0 spiro atoms. The predicted octanol–water partition coefficient (Wildman–Crippen LogP) is 0.613. The Kier molecular flexibility index (Phi) is 4.91. The number of rotatable bonds is 6. The van der Waals surface area contributed by atoms with Crippen LogP contribution in [0, 0.1) is 0 Å². The summed E-state index contributed by atoms with van der Waals surface area (Å²) < 4.78 is 0. The van der Waals surface area contributed by atoms with Crippen molar-refractivity contribution in [1.29, 1.82) is 0 Å². The van der Waals surface area contributed by atoms with Gasteiger partial charge in [-0.25, -0.2) is 0 Å². The van der Waals surface area contributed by atoms with Gasteiger partial charge in [-0.2, -0.15) is 0 Å². The van der Waals surface area contributed by atoms with Gasteiger partial charge in [0.25, 0.3) is 0 Å². The number of hydrogen-bond acceptors (Lipinski definition) is 3. The predicted molar refractivity (Wildman–Crippen MR) is 52.3 cm³/mol. The monoisotopic (exact) mass is 186 g/mol. The fourth-order valence-corrected chi connectivity index (χ4v) is 0.840. The summed E-state index contributed by atoms with van der Waals surface area (Å²) >= 11 is 0. The van der Waals surface area contributed by atoms with Crippen LogP contribution in [0.3, 0.4) is 0 Å². The van der Waals surface area contributed by atoms with Crippen LogP contribution in [0.1, 0.15) is 19.8 Å². The highest BCUT2D eigenvalue weighted by Crippen LogP contribution is 2.16. The maximum atomic E-state index is 9.51. The molecule has 0 fully saturated rings. The molecule has 0 saturated heterocycles. The zero-order valence-corrected chi connectivity index (χ0v) is 8.03. The Bertz CT molecular complexity index is 185. The molecular weight excluding hydrogens is 168 g/mol. The van der Waals surface area contributed by atoms with Crippen molar-refractivity contribution in [3.63, 3.8) is 0 Å². The molecule has 2 unspecified atom stereocenters. The van der Waals surface area contributed by atoms with Crippen LogP contribution in [-0.2, 0) is 0 Å². The lowest BCUT2D eigenvalue weighted by Gasteiger charge is -2.20. The van der Waals surface area contributed by atoms with E-state index in [1.165, 1.54) is 6.08 Å². The fraction of sp³-hybridized carbons (Fsp3) is 0.600. The normalized spacial score (nSPS) is 17.5. The molecule has 0 saturated carbocycles. The third kappa shape index (κ3) is 4.83. The molecule has 76 valence electrons. The van der Waals surface area contributed by atoms with Crippen LogP contribution in [-0.4, -0.2) is 33.6 Å². The van der Waals surface area contributed by atoms with Crippen LogP contribution in [0.15, 0.2) is 24.8 Å². The van der Waals surface area contributed by atoms with Crippen molar-refractivity contribution in [2.24, 2.45) is 0 Å². The Hall–Kier alpha value is -0.640. The van der Waals surface area contributed by atoms with E-state index in [0.717, 1.165) is 0 Å². The number of hydrogen-bond donors (Lipinski definition) is 3. The van der Waals surface area contributed by atoms with Gasteiger partial charge >= 0.3 is 0 Å². The molecular formula is C10H18O3. The molecule has 0 bridgehead atoms. The van der Waals surface area contributed by atoms with Crippen molar-refractivity contribution in [3.05, 3.63) is 24.8 Å². The average molecular weight is 186 g/mol. The molecule has 3 nitrogen and oxygen atoms in total. The summed E-state index contributed by atoms with van der Waals surface area (Å²) in [4.78, 5) is 0. The molecule has 0 aromatic heterocycles. The molecule has 0 amide bonds. The van der Waals surface area contributed by atoms with Crippen molar-refractivity contribution in [1.82, 2.24) is 0 Å². The summed E-state index contributed by atoms with van der Waals surface area (Å²) in [5.74, 6) is 0. The number of aliphatic hydroxyl groups is 3. The van der Waals surface area contributed by atoms with E-state index < -0.39 is 11.7 Å². The second-order valence-electron chi connectivity index (χ2n) is 3.43. The molecule has 2 atom stereocenters. The zero-order chi connectivity index (χ0) is 10.5. The standard InChI is InChI=1S/C10H18O3/c1-4-10(3,13)6-5-9(12)8(2)7-11/h4,9,11-13H,1-2,5-7H2,3H3. The minimum atomic E-state index is -0.962. The van der Waals surface area contributed by atoms with Gasteiger partial charge in [0.2, 0.25) is 0 Å². The Morgan fingerprint density at radius 1 is 1.62 bits per heavy atom. The molecule has 0 aromatic rings. The van der Waals surface area contributed by atoms with E-state index in [9.17, 15) is 10.2 Å². The first-order valence-corrected chi connectivity index (χ1v) is 4.25. The van der Waals surface area contributed by atoms with Crippen LogP contribution in [0.2, 0.25) is 0 Å². The van der Waals surface area contributed by atoms with Gasteiger partial charge in [-0.3, -0.25) is 0 Å². The summed E-state index contributed by atoms with van der Waals surface area (Å²) in [6.45, 7) is 8.36. The Balaban J connectivity index is 3.89. The van der Waals surface area contributed by atoms with E-state index in [2.05, 4.69) is 13.2 Å². The van der Waals surface area contributed by atoms with Gasteiger partial charge in [0.1, 0.15) is 0 Å². The Morgan fingerprint density at radius 3 is 2.54 bits per heavy atom. The lowest BCUT2D eigenvalue weighted by atomic mass is 9.96. The average Bonchev–Trinajstić information content (AvgIpc) is 2.13. The first-order chi connectivity index (χ1) is 5.93. The first-order valence-electron chi connectivity index (χ1n) is 4.25. The smallest absolute Gasteiger partial charge is 0.0798 e. The molecule has 0 heterocycles. The Morgan fingerprint density at radius 2 is 2.15 bits per heavy atom. The molecule has 3 N–H and O–H groups in total. The van der Waals surface area contributed by atoms with Crippen LogP contribution in [0.5, 0.6) is 0 Å². The van der Waals surface area contributed by atoms with Crippen molar-refractivity contribution in [3.8, 4) is 0 Å². The van der Waals surface area contributed by atoms with Gasteiger partial charge in [-0.05, 0) is 25.3 Å². The molecule has 0 aromatic carbocycles. The quantitative estimate of drug-likeness (QED) is 0.533. The molecule has 0 rings (SSSR count). The minimum Gasteiger partial charge on any atom is -0.392 e. The first kappa shape index (κ1) is 12.4. The lowest BCUT2D eigenvalue weighted by molar-refractivity contribution is 0.0786. The van der Waals surface area contributed by atoms with Gasteiger partial charge in [0, 0.05) is 0 Å². The summed E-state index contributed by atoms with van der Waals surface area (Å²) in [5, 5.41) is 27.5. The van der Waals surface area contributed by atoms with E-state index in [0.29, 0.717) is 18.4 Å². The third-order valence-electron chi connectivity index (χ3n) is 2.04. The molecule has 0 aliphatic rings. The summed E-state index contributed by atoms with van der Waals surface area (Å²) in [5.41, 5.74) is -0.587. The third-order valence-corrected chi connectivity index (χ3v) is 2.04. The Labute approximate surface area is 79.0 Å². The van der Waals surface area contributed by atoms with Crippen LogP contribution < -0.4 is 0 Å². The molecule has 0 radical (unpaired) electrons. The minimum absolute atomic E-state index is 0.225. The largest absolute Gasteiger partial charge is 0.392 e. The summed E-state index contributed by atoms with van der Waals surface area (Å²) in [6.07, 6.45) is 1.45. The van der Waals surface area contributed by atoms with E-state index in [1.54, 1.807) is 6.92 Å². The van der Waals surface area contributed by atoms with Gasteiger partial charge in [0.05, 0.1) is 18.3 Å². The van der Waals surface area contributed by atoms with E-state index in [-0.39, 0.29) is 6.61 Å². The van der Waals surface area contributed by atoms with Crippen molar-refractivity contribution in [2.45, 2.75) is 31.5 Å². The van der Waals surface area contributed by atoms with Crippen LogP contribution >= 0.6 is 0 Å². The summed E-state index contributed by atoms with van der Waals surface area (Å²) in [7, 11) is 0. The maximum absolute atomic E-state index is 9.51. The van der Waals surface area contributed by atoms with Crippen LogP contribution in [0.4, 0.5) is 0 Å². The van der Waals surface area contributed by atoms with E-state index in [4.69, 9.17) is 5.11 Å². The fourth-order valence-electron chi connectivity index (χ4n) is 0.840. The van der Waals surface area contributed by atoms with E-state index in [1.807, 2.05) is 0 Å². The van der Waals surface area contributed by atoms with Crippen molar-refractivity contribution >= 4 is 0 Å². The van der Waals surface area contributed by atoms with E-state index >= 15 is 0 Å². The topological polar surface area (TPSA) is 60.7 Å². The van der Waals surface area contributed by atoms with Gasteiger partial charge in [0.15, 0.2) is 0 Å². The molecule has 3 heteroatoms. The van der Waals surface area contributed by atoms with Crippen molar-refractivity contribution in [2.75, 3.05) is 6.61 Å². The van der Waals surface area contributed by atoms with Gasteiger partial charge < -0.3 is 15.3 Å². The SMILES string of the molecule is C=CC(C)(O)CCC(O)C(=C)CO.